The van der Waals surface area contributed by atoms with E-state index in [1.807, 2.05) is 13.0 Å². The molecule has 5 heteroatoms. The van der Waals surface area contributed by atoms with Gasteiger partial charge < -0.3 is 9.47 Å². The molecule has 0 saturated heterocycles. The van der Waals surface area contributed by atoms with Crippen molar-refractivity contribution in [3.63, 3.8) is 0 Å². The molecule has 1 aromatic carbocycles. The summed E-state index contributed by atoms with van der Waals surface area (Å²) in [5, 5.41) is 0. The van der Waals surface area contributed by atoms with Crippen molar-refractivity contribution >= 4 is 11.9 Å². The number of pyridine rings is 1. The Hall–Kier alpha value is -2.69. The molecule has 0 fully saturated rings. The van der Waals surface area contributed by atoms with Crippen LogP contribution in [0, 0.1) is 0 Å². The predicted molar refractivity (Wildman–Crippen MR) is 80.1 cm³/mol. The van der Waals surface area contributed by atoms with Gasteiger partial charge in [0.2, 0.25) is 6.10 Å². The second-order valence-electron chi connectivity index (χ2n) is 4.64. The Kier molecular flexibility index (Phi) is 5.65. The Bertz CT molecular complexity index is 613. The molecular weight excluding hydrogens is 282 g/mol. The van der Waals surface area contributed by atoms with E-state index >= 15 is 0 Å². The summed E-state index contributed by atoms with van der Waals surface area (Å²) in [5.41, 5.74) is 0.480. The summed E-state index contributed by atoms with van der Waals surface area (Å²) in [6, 6.07) is 12.0. The van der Waals surface area contributed by atoms with Gasteiger partial charge in [-0.25, -0.2) is 4.79 Å². The van der Waals surface area contributed by atoms with Crippen LogP contribution in [-0.2, 0) is 14.3 Å². The lowest BCUT2D eigenvalue weighted by molar-refractivity contribution is -0.163. The van der Waals surface area contributed by atoms with E-state index in [0.717, 1.165) is 0 Å². The van der Waals surface area contributed by atoms with E-state index in [4.69, 9.17) is 9.47 Å². The van der Waals surface area contributed by atoms with Gasteiger partial charge in [0.15, 0.2) is 0 Å². The quantitative estimate of drug-likeness (QED) is 0.606. The molecule has 1 unspecified atom stereocenters. The van der Waals surface area contributed by atoms with E-state index in [1.165, 1.54) is 6.20 Å². The number of carbonyl (C=O) groups is 2. The van der Waals surface area contributed by atoms with Crippen molar-refractivity contribution in [2.45, 2.75) is 25.9 Å². The van der Waals surface area contributed by atoms with Gasteiger partial charge in [-0.1, -0.05) is 31.2 Å². The minimum atomic E-state index is -1.12. The van der Waals surface area contributed by atoms with Gasteiger partial charge >= 0.3 is 11.9 Å². The highest BCUT2D eigenvalue weighted by Gasteiger charge is 2.27. The molecule has 1 aromatic heterocycles. The summed E-state index contributed by atoms with van der Waals surface area (Å²) < 4.78 is 10.5. The van der Waals surface area contributed by atoms with Crippen LogP contribution in [0.2, 0.25) is 0 Å². The lowest BCUT2D eigenvalue weighted by Gasteiger charge is -2.16. The fraction of sp³-hybridized carbons (Fsp3) is 0.235. The molecule has 0 aliphatic heterocycles. The van der Waals surface area contributed by atoms with Crippen LogP contribution in [0.5, 0.6) is 5.75 Å². The molecule has 2 aromatic rings. The van der Waals surface area contributed by atoms with Crippen molar-refractivity contribution < 1.29 is 19.1 Å². The number of benzene rings is 1. The Morgan fingerprint density at radius 2 is 1.91 bits per heavy atom. The monoisotopic (exact) mass is 299 g/mol. The largest absolute Gasteiger partial charge is 0.445 e. The predicted octanol–water partition coefficient (Wildman–Crippen LogP) is 3.07. The topological polar surface area (TPSA) is 65.5 Å². The van der Waals surface area contributed by atoms with Crippen LogP contribution in [0.3, 0.4) is 0 Å². The number of para-hydroxylation sites is 1. The van der Waals surface area contributed by atoms with Gasteiger partial charge in [0.25, 0.3) is 0 Å². The van der Waals surface area contributed by atoms with Crippen LogP contribution in [0.15, 0.2) is 54.9 Å². The van der Waals surface area contributed by atoms with Crippen molar-refractivity contribution in [3.05, 3.63) is 60.4 Å². The van der Waals surface area contributed by atoms with Crippen LogP contribution >= 0.6 is 0 Å². The second kappa shape index (κ2) is 7.93. The first-order chi connectivity index (χ1) is 10.7. The zero-order valence-corrected chi connectivity index (χ0v) is 12.3. The fourth-order valence-corrected chi connectivity index (χ4v) is 1.84. The zero-order valence-electron chi connectivity index (χ0n) is 12.3. The van der Waals surface area contributed by atoms with E-state index in [9.17, 15) is 9.59 Å². The minimum Gasteiger partial charge on any atom is -0.445 e. The van der Waals surface area contributed by atoms with Crippen LogP contribution in [-0.4, -0.2) is 16.9 Å². The number of hydrogen-bond acceptors (Lipinski definition) is 5. The van der Waals surface area contributed by atoms with E-state index in [-0.39, 0.29) is 6.42 Å². The van der Waals surface area contributed by atoms with Crippen molar-refractivity contribution in [2.24, 2.45) is 0 Å². The summed E-state index contributed by atoms with van der Waals surface area (Å²) in [4.78, 5) is 28.0. The summed E-state index contributed by atoms with van der Waals surface area (Å²) in [6.45, 7) is 1.86. The zero-order chi connectivity index (χ0) is 15.8. The number of hydrogen-bond donors (Lipinski definition) is 0. The molecule has 22 heavy (non-hydrogen) atoms. The molecule has 0 radical (unpaired) electrons. The lowest BCUT2D eigenvalue weighted by atomic mass is 10.1. The van der Waals surface area contributed by atoms with Crippen molar-refractivity contribution in [1.29, 1.82) is 0 Å². The highest BCUT2D eigenvalue weighted by Crippen LogP contribution is 2.21. The third kappa shape index (κ3) is 4.41. The first-order valence-electron chi connectivity index (χ1n) is 7.07. The van der Waals surface area contributed by atoms with E-state index in [2.05, 4.69) is 4.98 Å². The van der Waals surface area contributed by atoms with Gasteiger partial charge in [-0.05, 0) is 24.6 Å². The number of ether oxygens (including phenoxy) is 2. The molecule has 0 saturated carbocycles. The average Bonchev–Trinajstić information content (AvgIpc) is 2.54. The molecule has 0 spiro atoms. The molecule has 0 N–H and O–H groups in total. The molecule has 0 aliphatic carbocycles. The summed E-state index contributed by atoms with van der Waals surface area (Å²) in [5.74, 6) is -0.696. The van der Waals surface area contributed by atoms with Crippen molar-refractivity contribution in [1.82, 2.24) is 4.98 Å². The molecule has 1 atom stereocenters. The number of nitrogens with zero attached hydrogens (tertiary/aromatic N) is 1. The van der Waals surface area contributed by atoms with Gasteiger partial charge in [0, 0.05) is 24.4 Å². The first-order valence-corrected chi connectivity index (χ1v) is 7.07. The molecule has 1 heterocycles. The molecule has 0 bridgehead atoms. The van der Waals surface area contributed by atoms with E-state index in [0.29, 0.717) is 17.7 Å². The maximum Gasteiger partial charge on any atom is 0.357 e. The lowest BCUT2D eigenvalue weighted by Crippen LogP contribution is -2.24. The van der Waals surface area contributed by atoms with E-state index in [1.54, 1.807) is 42.6 Å². The first kappa shape index (κ1) is 15.7. The Labute approximate surface area is 128 Å². The molecule has 5 nitrogen and oxygen atoms in total. The number of esters is 2. The second-order valence-corrected chi connectivity index (χ2v) is 4.64. The van der Waals surface area contributed by atoms with E-state index < -0.39 is 18.0 Å². The van der Waals surface area contributed by atoms with Crippen LogP contribution < -0.4 is 4.74 Å². The molecule has 0 amide bonds. The Balaban J connectivity index is 2.16. The smallest absolute Gasteiger partial charge is 0.357 e. The van der Waals surface area contributed by atoms with Gasteiger partial charge in [-0.3, -0.25) is 9.78 Å². The maximum absolute atomic E-state index is 12.3. The SMILES string of the molecule is CCCC(=O)OC(C(=O)Oc1ccccc1)c1cccnc1. The average molecular weight is 299 g/mol. The Morgan fingerprint density at radius 1 is 1.14 bits per heavy atom. The fourth-order valence-electron chi connectivity index (χ4n) is 1.84. The number of carbonyl (C=O) groups excluding carboxylic acids is 2. The standard InChI is InChI=1S/C17H17NO4/c1-2-7-15(19)22-16(13-8-6-11-18-12-13)17(20)21-14-9-4-3-5-10-14/h3-6,8-12,16H,2,7H2,1H3. The normalized spacial score (nSPS) is 11.5. The third-order valence-electron chi connectivity index (χ3n) is 2.87. The van der Waals surface area contributed by atoms with Crippen LogP contribution in [0.1, 0.15) is 31.4 Å². The van der Waals surface area contributed by atoms with Gasteiger partial charge in [0.05, 0.1) is 0 Å². The van der Waals surface area contributed by atoms with Crippen molar-refractivity contribution in [2.75, 3.05) is 0 Å². The third-order valence-corrected chi connectivity index (χ3v) is 2.87. The minimum absolute atomic E-state index is 0.245. The highest BCUT2D eigenvalue weighted by atomic mass is 16.6. The molecule has 2 rings (SSSR count). The molecule has 0 aliphatic rings. The number of rotatable bonds is 6. The van der Waals surface area contributed by atoms with Crippen LogP contribution in [0.25, 0.3) is 0 Å². The van der Waals surface area contributed by atoms with Gasteiger partial charge in [-0.15, -0.1) is 0 Å². The van der Waals surface area contributed by atoms with Gasteiger partial charge in [-0.2, -0.15) is 0 Å². The highest BCUT2D eigenvalue weighted by molar-refractivity contribution is 5.82. The summed E-state index contributed by atoms with van der Waals surface area (Å²) >= 11 is 0. The molecule has 114 valence electrons. The summed E-state index contributed by atoms with van der Waals surface area (Å²) in [7, 11) is 0. The Morgan fingerprint density at radius 3 is 2.55 bits per heavy atom. The number of aromatic nitrogens is 1. The van der Waals surface area contributed by atoms with Crippen LogP contribution in [0.4, 0.5) is 0 Å². The summed E-state index contributed by atoms with van der Waals surface area (Å²) in [6.07, 6.45) is 2.84. The van der Waals surface area contributed by atoms with Crippen molar-refractivity contribution in [3.8, 4) is 5.75 Å². The van der Waals surface area contributed by atoms with Gasteiger partial charge in [0.1, 0.15) is 5.75 Å². The molecular formula is C17H17NO4. The maximum atomic E-state index is 12.3.